The third-order valence-corrected chi connectivity index (χ3v) is 8.64. The molecule has 0 bridgehead atoms. The van der Waals surface area contributed by atoms with E-state index in [1.54, 1.807) is 0 Å². The fourth-order valence-corrected chi connectivity index (χ4v) is 6.33. The first-order chi connectivity index (χ1) is 24.1. The number of nitrogens with zero attached hydrogens (tertiary/aromatic N) is 2. The van der Waals surface area contributed by atoms with Crippen molar-refractivity contribution in [2.24, 2.45) is 0 Å². The van der Waals surface area contributed by atoms with Gasteiger partial charge in [-0.05, 0) is 36.4 Å². The number of non-ortho nitro benzene ring substituents is 2. The van der Waals surface area contributed by atoms with Crippen LogP contribution < -0.4 is 9.47 Å². The van der Waals surface area contributed by atoms with E-state index < -0.39 is 94.7 Å². The second kappa shape index (κ2) is 11.4. The number of rotatable bonds is 8. The second-order valence-corrected chi connectivity index (χ2v) is 11.4. The van der Waals surface area contributed by atoms with Crippen molar-refractivity contribution >= 4 is 44.5 Å². The van der Waals surface area contributed by atoms with Gasteiger partial charge in [-0.1, -0.05) is 24.3 Å². The van der Waals surface area contributed by atoms with E-state index in [0.717, 1.165) is 36.4 Å². The van der Waals surface area contributed by atoms with E-state index in [1.165, 1.54) is 62.8 Å². The summed E-state index contributed by atoms with van der Waals surface area (Å²) in [6, 6.07) is 16.4. The molecule has 0 amide bonds. The van der Waals surface area contributed by atoms with Crippen LogP contribution in [0.15, 0.2) is 93.8 Å². The molecule has 260 valence electrons. The fraction of sp³-hybridized carbons (Fsp3) is 0.143. The van der Waals surface area contributed by atoms with Gasteiger partial charge >= 0.3 is 17.8 Å². The van der Waals surface area contributed by atoms with Crippen molar-refractivity contribution in [1.29, 1.82) is 0 Å². The maximum absolute atomic E-state index is 16.5. The zero-order valence-corrected chi connectivity index (χ0v) is 26.0. The number of furan rings is 2. The van der Waals surface area contributed by atoms with Crippen LogP contribution in [-0.4, -0.2) is 41.8 Å². The standard InChI is InChI=1S/C35H20F6N2O8/c1-48-23-9-5-3-7-21(23)31-27(19-13-11-17(42(44)45)15-25(19)50-31)29-30(34(38,39)35(40,41)33(29,36)37)28-20-14-12-18(43(46)47)16-26(20)51-32(28)22-8-4-6-10-24(22)49-2/h3-16H,1-2H3. The molecule has 10 nitrogen and oxygen atoms in total. The van der Waals surface area contributed by atoms with Crippen LogP contribution in [0.1, 0.15) is 11.1 Å². The largest absolute Gasteiger partial charge is 0.496 e. The minimum Gasteiger partial charge on any atom is -0.496 e. The van der Waals surface area contributed by atoms with Gasteiger partial charge in [0.15, 0.2) is 0 Å². The first kappa shape index (κ1) is 33.2. The normalized spacial score (nSPS) is 16.2. The molecule has 4 aromatic carbocycles. The number of ether oxygens (including phenoxy) is 2. The summed E-state index contributed by atoms with van der Waals surface area (Å²) in [5.41, 5.74) is -7.92. The molecule has 0 fully saturated rings. The highest BCUT2D eigenvalue weighted by molar-refractivity contribution is 6.15. The number of benzene rings is 4. The highest BCUT2D eigenvalue weighted by Gasteiger charge is 2.81. The second-order valence-electron chi connectivity index (χ2n) is 11.4. The minimum atomic E-state index is -6.07. The predicted molar refractivity (Wildman–Crippen MR) is 171 cm³/mol. The first-order valence-electron chi connectivity index (χ1n) is 14.7. The van der Waals surface area contributed by atoms with Gasteiger partial charge in [0.25, 0.3) is 11.4 Å². The van der Waals surface area contributed by atoms with Gasteiger partial charge in [-0.3, -0.25) is 20.2 Å². The molecule has 1 aliphatic rings. The average Bonchev–Trinajstić information content (AvgIpc) is 3.70. The molecular weight excluding hydrogens is 690 g/mol. The van der Waals surface area contributed by atoms with Gasteiger partial charge in [-0.25, -0.2) is 0 Å². The van der Waals surface area contributed by atoms with Crippen LogP contribution in [0.25, 0.3) is 55.7 Å². The third-order valence-electron chi connectivity index (χ3n) is 8.64. The van der Waals surface area contributed by atoms with E-state index in [9.17, 15) is 20.2 Å². The molecule has 0 aliphatic heterocycles. The monoisotopic (exact) mass is 710 g/mol. The van der Waals surface area contributed by atoms with E-state index in [-0.39, 0.29) is 22.6 Å². The summed E-state index contributed by atoms with van der Waals surface area (Å²) in [4.78, 5) is 21.6. The van der Waals surface area contributed by atoms with Gasteiger partial charge in [-0.15, -0.1) is 0 Å². The molecule has 1 aliphatic carbocycles. The molecule has 6 aromatic rings. The van der Waals surface area contributed by atoms with Gasteiger partial charge < -0.3 is 18.3 Å². The van der Waals surface area contributed by atoms with Crippen molar-refractivity contribution in [1.82, 2.24) is 0 Å². The molecule has 0 radical (unpaired) electrons. The highest BCUT2D eigenvalue weighted by Crippen LogP contribution is 2.68. The van der Waals surface area contributed by atoms with Crippen LogP contribution in [0.3, 0.4) is 0 Å². The van der Waals surface area contributed by atoms with Crippen LogP contribution in [-0.2, 0) is 0 Å². The Balaban J connectivity index is 1.72. The number of hydrogen-bond donors (Lipinski definition) is 0. The summed E-state index contributed by atoms with van der Waals surface area (Å²) in [6.45, 7) is 0. The zero-order chi connectivity index (χ0) is 36.6. The van der Waals surface area contributed by atoms with E-state index >= 15 is 26.3 Å². The molecular formula is C35H20F6N2O8. The molecule has 0 saturated heterocycles. The van der Waals surface area contributed by atoms with E-state index in [0.29, 0.717) is 0 Å². The molecule has 0 atom stereocenters. The van der Waals surface area contributed by atoms with Gasteiger partial charge in [0.05, 0.1) is 47.3 Å². The van der Waals surface area contributed by atoms with Gasteiger partial charge in [0.1, 0.15) is 34.2 Å². The molecule has 2 aromatic heterocycles. The van der Waals surface area contributed by atoms with Crippen molar-refractivity contribution in [2.75, 3.05) is 14.2 Å². The topological polar surface area (TPSA) is 131 Å². The molecule has 0 unspecified atom stereocenters. The summed E-state index contributed by atoms with van der Waals surface area (Å²) in [6.07, 6.45) is 0. The maximum atomic E-state index is 16.5. The van der Waals surface area contributed by atoms with Crippen molar-refractivity contribution in [2.45, 2.75) is 17.8 Å². The summed E-state index contributed by atoms with van der Waals surface area (Å²) < 4.78 is 120. The summed E-state index contributed by atoms with van der Waals surface area (Å²) in [5, 5.41) is 22.3. The molecule has 51 heavy (non-hydrogen) atoms. The Labute approximate surface area is 281 Å². The number of alkyl halides is 6. The Morgan fingerprint density at radius 2 is 0.961 bits per heavy atom. The van der Waals surface area contributed by atoms with Gasteiger partial charge in [0, 0.05) is 45.2 Å². The lowest BCUT2D eigenvalue weighted by molar-refractivity contribution is -0.384. The van der Waals surface area contributed by atoms with Crippen molar-refractivity contribution in [3.8, 4) is 34.1 Å². The van der Waals surface area contributed by atoms with Crippen LogP contribution in [0.2, 0.25) is 0 Å². The number of fused-ring (bicyclic) bond motifs is 2. The maximum Gasteiger partial charge on any atom is 0.380 e. The molecule has 0 spiro atoms. The number of nitro benzene ring substituents is 2. The number of methoxy groups -OCH3 is 2. The predicted octanol–water partition coefficient (Wildman–Crippen LogP) is 10.2. The summed E-state index contributed by atoms with van der Waals surface area (Å²) in [5.74, 6) is -18.7. The lowest BCUT2D eigenvalue weighted by Gasteiger charge is -2.26. The van der Waals surface area contributed by atoms with Crippen LogP contribution >= 0.6 is 0 Å². The van der Waals surface area contributed by atoms with Crippen molar-refractivity contribution in [3.05, 3.63) is 116 Å². The number of para-hydroxylation sites is 2. The van der Waals surface area contributed by atoms with Crippen molar-refractivity contribution < 1.29 is 54.5 Å². The Morgan fingerprint density at radius 1 is 0.588 bits per heavy atom. The number of hydrogen-bond acceptors (Lipinski definition) is 8. The fourth-order valence-electron chi connectivity index (χ4n) is 6.33. The zero-order valence-electron chi connectivity index (χ0n) is 26.0. The summed E-state index contributed by atoms with van der Waals surface area (Å²) in [7, 11) is 2.42. The lowest BCUT2D eigenvalue weighted by Crippen LogP contribution is -2.48. The highest BCUT2D eigenvalue weighted by atomic mass is 19.3. The number of halogens is 6. The van der Waals surface area contributed by atoms with Crippen LogP contribution in [0.5, 0.6) is 11.5 Å². The van der Waals surface area contributed by atoms with Gasteiger partial charge in [-0.2, -0.15) is 26.3 Å². The first-order valence-corrected chi connectivity index (χ1v) is 14.7. The third kappa shape index (κ3) is 4.65. The Hall–Kier alpha value is -6.32. The molecule has 16 heteroatoms. The van der Waals surface area contributed by atoms with Crippen LogP contribution in [0.4, 0.5) is 37.7 Å². The smallest absolute Gasteiger partial charge is 0.380 e. The van der Waals surface area contributed by atoms with E-state index in [4.69, 9.17) is 18.3 Å². The minimum absolute atomic E-state index is 0.0370. The Morgan fingerprint density at radius 3 is 1.31 bits per heavy atom. The number of allylic oxidation sites excluding steroid dienone is 2. The Kier molecular flexibility index (Phi) is 7.39. The Bertz CT molecular complexity index is 2300. The lowest BCUT2D eigenvalue weighted by atomic mass is 9.89. The average molecular weight is 711 g/mol. The number of nitro groups is 2. The quantitative estimate of drug-likeness (QED) is 0.0866. The van der Waals surface area contributed by atoms with Crippen molar-refractivity contribution in [3.63, 3.8) is 0 Å². The van der Waals surface area contributed by atoms with Crippen LogP contribution in [0, 0.1) is 20.2 Å². The van der Waals surface area contributed by atoms with E-state index in [2.05, 4.69) is 0 Å². The molecule has 2 heterocycles. The molecule has 0 saturated carbocycles. The van der Waals surface area contributed by atoms with Gasteiger partial charge in [0.2, 0.25) is 0 Å². The van der Waals surface area contributed by atoms with E-state index in [1.807, 2.05) is 0 Å². The molecule has 0 N–H and O–H groups in total. The molecule has 7 rings (SSSR count). The summed E-state index contributed by atoms with van der Waals surface area (Å²) >= 11 is 0. The SMILES string of the molecule is COc1ccccc1-c1oc2cc([N+](=O)[O-])ccc2c1C1=C(c2c(-c3ccccc3OC)oc3cc([N+](=O)[O-])ccc23)C(F)(F)C(F)(F)C1(F)F.